The standard InChI is InChI=1S/C22H23ClN4O3/c1-11(2)25-21-18(23)8-14(10-24-21)22-26-20(27-30-22)16-6-7-17-13(9-19(28)29)4-5-15(17)12(16)3/h6-8,10-11,13H,4-5,9H2,1-3H3,(H,24,25)(H,28,29). The molecule has 1 atom stereocenters. The number of hydrogen-bond acceptors (Lipinski definition) is 6. The largest absolute Gasteiger partial charge is 0.481 e. The van der Waals surface area contributed by atoms with Gasteiger partial charge in [0.05, 0.1) is 17.0 Å². The molecule has 1 aliphatic carbocycles. The Balaban J connectivity index is 1.62. The maximum Gasteiger partial charge on any atom is 0.303 e. The molecule has 0 spiro atoms. The molecule has 2 heterocycles. The Morgan fingerprint density at radius 3 is 2.90 bits per heavy atom. The van der Waals surface area contributed by atoms with E-state index < -0.39 is 5.97 Å². The van der Waals surface area contributed by atoms with Crippen molar-refractivity contribution >= 4 is 23.4 Å². The first-order valence-corrected chi connectivity index (χ1v) is 10.3. The summed E-state index contributed by atoms with van der Waals surface area (Å²) in [6, 6.07) is 5.92. The number of halogens is 1. The van der Waals surface area contributed by atoms with Gasteiger partial charge in [-0.15, -0.1) is 0 Å². The molecule has 0 saturated carbocycles. The van der Waals surface area contributed by atoms with E-state index >= 15 is 0 Å². The lowest BCUT2D eigenvalue weighted by atomic mass is 9.93. The van der Waals surface area contributed by atoms with Gasteiger partial charge in [0.2, 0.25) is 5.82 Å². The molecule has 0 amide bonds. The average molecular weight is 427 g/mol. The number of aliphatic carboxylic acids is 1. The van der Waals surface area contributed by atoms with Crippen LogP contribution in [0.25, 0.3) is 22.8 Å². The summed E-state index contributed by atoms with van der Waals surface area (Å²) in [7, 11) is 0. The molecule has 4 rings (SSSR count). The predicted molar refractivity (Wildman–Crippen MR) is 115 cm³/mol. The van der Waals surface area contributed by atoms with E-state index in [0.717, 1.165) is 29.5 Å². The number of carboxylic acids is 1. The number of hydrogen-bond donors (Lipinski definition) is 2. The van der Waals surface area contributed by atoms with E-state index in [1.165, 1.54) is 5.56 Å². The molecule has 156 valence electrons. The smallest absolute Gasteiger partial charge is 0.303 e. The molecule has 2 N–H and O–H groups in total. The summed E-state index contributed by atoms with van der Waals surface area (Å²) in [5.74, 6) is 0.753. The number of anilines is 1. The van der Waals surface area contributed by atoms with E-state index in [9.17, 15) is 4.79 Å². The number of carbonyl (C=O) groups is 1. The van der Waals surface area contributed by atoms with Gasteiger partial charge >= 0.3 is 5.97 Å². The summed E-state index contributed by atoms with van der Waals surface area (Å²) in [6.07, 6.45) is 3.53. The van der Waals surface area contributed by atoms with Gasteiger partial charge in [-0.2, -0.15) is 4.98 Å². The zero-order valence-electron chi connectivity index (χ0n) is 17.1. The molecule has 8 heteroatoms. The van der Waals surface area contributed by atoms with E-state index in [1.807, 2.05) is 32.9 Å². The van der Waals surface area contributed by atoms with Gasteiger partial charge in [0.25, 0.3) is 5.89 Å². The summed E-state index contributed by atoms with van der Waals surface area (Å²) >= 11 is 6.33. The lowest BCUT2D eigenvalue weighted by Crippen LogP contribution is -2.11. The van der Waals surface area contributed by atoms with Crippen LogP contribution in [0.3, 0.4) is 0 Å². The van der Waals surface area contributed by atoms with Gasteiger partial charge < -0.3 is 14.9 Å². The van der Waals surface area contributed by atoms with Crippen LogP contribution in [0.2, 0.25) is 5.02 Å². The molecular formula is C22H23ClN4O3. The van der Waals surface area contributed by atoms with Crippen molar-refractivity contribution in [3.63, 3.8) is 0 Å². The molecule has 0 bridgehead atoms. The third-order valence-electron chi connectivity index (χ3n) is 5.42. The summed E-state index contributed by atoms with van der Waals surface area (Å²) < 4.78 is 5.47. The number of carboxylic acid groups (broad SMARTS) is 1. The molecule has 0 aliphatic heterocycles. The molecule has 30 heavy (non-hydrogen) atoms. The highest BCUT2D eigenvalue weighted by Crippen LogP contribution is 2.40. The Labute approximate surface area is 179 Å². The third-order valence-corrected chi connectivity index (χ3v) is 5.71. The zero-order valence-corrected chi connectivity index (χ0v) is 17.8. The number of pyridine rings is 1. The van der Waals surface area contributed by atoms with Crippen molar-refractivity contribution in [3.05, 3.63) is 46.1 Å². The van der Waals surface area contributed by atoms with Crippen molar-refractivity contribution in [1.82, 2.24) is 15.1 Å². The van der Waals surface area contributed by atoms with Gasteiger partial charge in [-0.25, -0.2) is 4.98 Å². The van der Waals surface area contributed by atoms with Crippen LogP contribution in [-0.4, -0.2) is 32.2 Å². The topological polar surface area (TPSA) is 101 Å². The molecule has 1 aromatic carbocycles. The molecule has 7 nitrogen and oxygen atoms in total. The lowest BCUT2D eigenvalue weighted by molar-refractivity contribution is -0.137. The van der Waals surface area contributed by atoms with Crippen LogP contribution in [0.15, 0.2) is 28.9 Å². The molecule has 0 fully saturated rings. The molecule has 1 aliphatic rings. The number of rotatable bonds is 6. The number of aromatic nitrogens is 3. The maximum absolute atomic E-state index is 11.1. The van der Waals surface area contributed by atoms with Crippen molar-refractivity contribution in [2.24, 2.45) is 0 Å². The van der Waals surface area contributed by atoms with Crippen molar-refractivity contribution in [2.45, 2.75) is 52.0 Å². The van der Waals surface area contributed by atoms with E-state index in [4.69, 9.17) is 21.2 Å². The molecule has 1 unspecified atom stereocenters. The van der Waals surface area contributed by atoms with Crippen LogP contribution in [0.1, 0.15) is 49.3 Å². The van der Waals surface area contributed by atoms with Crippen molar-refractivity contribution in [3.8, 4) is 22.8 Å². The fourth-order valence-corrected chi connectivity index (χ4v) is 4.24. The van der Waals surface area contributed by atoms with Crippen LogP contribution in [0, 0.1) is 6.92 Å². The Morgan fingerprint density at radius 2 is 2.20 bits per heavy atom. The Hall–Kier alpha value is -2.93. The van der Waals surface area contributed by atoms with Gasteiger partial charge in [0, 0.05) is 17.8 Å². The van der Waals surface area contributed by atoms with Crippen LogP contribution in [-0.2, 0) is 11.2 Å². The molecular weight excluding hydrogens is 404 g/mol. The second-order valence-corrected chi connectivity index (χ2v) is 8.32. The van der Waals surface area contributed by atoms with Gasteiger partial charge in [-0.05, 0) is 62.3 Å². The molecule has 3 aromatic rings. The molecule has 0 saturated heterocycles. The van der Waals surface area contributed by atoms with Crippen molar-refractivity contribution in [2.75, 3.05) is 5.32 Å². The average Bonchev–Trinajstić information content (AvgIpc) is 3.31. The van der Waals surface area contributed by atoms with E-state index in [-0.39, 0.29) is 18.4 Å². The fourth-order valence-electron chi connectivity index (χ4n) is 4.02. The van der Waals surface area contributed by atoms with Gasteiger partial charge in [-0.1, -0.05) is 28.9 Å². The number of fused-ring (bicyclic) bond motifs is 1. The molecule has 2 aromatic heterocycles. The molecule has 0 radical (unpaired) electrons. The minimum Gasteiger partial charge on any atom is -0.481 e. The summed E-state index contributed by atoms with van der Waals surface area (Å²) in [6.45, 7) is 6.05. The van der Waals surface area contributed by atoms with E-state index in [0.29, 0.717) is 28.1 Å². The summed E-state index contributed by atoms with van der Waals surface area (Å²) in [5, 5.41) is 17.0. The number of benzene rings is 1. The fraction of sp³-hybridized carbons (Fsp3) is 0.364. The highest BCUT2D eigenvalue weighted by Gasteiger charge is 2.27. The van der Waals surface area contributed by atoms with Crippen molar-refractivity contribution in [1.29, 1.82) is 0 Å². The first-order valence-electron chi connectivity index (χ1n) is 9.94. The highest BCUT2D eigenvalue weighted by atomic mass is 35.5. The Bertz CT molecular complexity index is 1110. The highest BCUT2D eigenvalue weighted by molar-refractivity contribution is 6.33. The third kappa shape index (κ3) is 3.89. The predicted octanol–water partition coefficient (Wildman–Crippen LogP) is 5.09. The number of nitrogens with zero attached hydrogens (tertiary/aromatic N) is 3. The SMILES string of the molecule is Cc1c(-c2noc(-c3cnc(NC(C)C)c(Cl)c3)n2)ccc2c1CCC2CC(=O)O. The van der Waals surface area contributed by atoms with Crippen LogP contribution >= 0.6 is 11.6 Å². The minimum absolute atomic E-state index is 0.0669. The first-order chi connectivity index (χ1) is 14.3. The van der Waals surface area contributed by atoms with Gasteiger partial charge in [-0.3, -0.25) is 4.79 Å². The Morgan fingerprint density at radius 1 is 1.40 bits per heavy atom. The van der Waals surface area contributed by atoms with Crippen LogP contribution < -0.4 is 5.32 Å². The summed E-state index contributed by atoms with van der Waals surface area (Å²) in [5.41, 5.74) is 4.91. The second kappa shape index (κ2) is 8.07. The monoisotopic (exact) mass is 426 g/mol. The first kappa shape index (κ1) is 20.3. The van der Waals surface area contributed by atoms with Crippen LogP contribution in [0.4, 0.5) is 5.82 Å². The normalized spacial score (nSPS) is 15.4. The van der Waals surface area contributed by atoms with Gasteiger partial charge in [0.1, 0.15) is 5.82 Å². The minimum atomic E-state index is -0.765. The van der Waals surface area contributed by atoms with E-state index in [2.05, 4.69) is 20.4 Å². The van der Waals surface area contributed by atoms with Crippen LogP contribution in [0.5, 0.6) is 0 Å². The Kier molecular flexibility index (Phi) is 5.47. The second-order valence-electron chi connectivity index (χ2n) is 7.92. The van der Waals surface area contributed by atoms with Crippen molar-refractivity contribution < 1.29 is 14.4 Å². The maximum atomic E-state index is 11.1. The lowest BCUT2D eigenvalue weighted by Gasteiger charge is -2.11. The summed E-state index contributed by atoms with van der Waals surface area (Å²) in [4.78, 5) is 20.0. The zero-order chi connectivity index (χ0) is 21.4. The number of nitrogens with one attached hydrogen (secondary N) is 1. The van der Waals surface area contributed by atoms with E-state index in [1.54, 1.807) is 12.3 Å². The quantitative estimate of drug-likeness (QED) is 0.566. The van der Waals surface area contributed by atoms with Gasteiger partial charge in [0.15, 0.2) is 0 Å².